The van der Waals surface area contributed by atoms with Crippen molar-refractivity contribution >= 4 is 22.7 Å². The minimum absolute atomic E-state index is 0.0239. The van der Waals surface area contributed by atoms with Crippen LogP contribution in [0.1, 0.15) is 30.1 Å². The van der Waals surface area contributed by atoms with Gasteiger partial charge in [-0.3, -0.25) is 14.7 Å². The van der Waals surface area contributed by atoms with Crippen LogP contribution in [-0.4, -0.2) is 59.6 Å². The van der Waals surface area contributed by atoms with Crippen LogP contribution in [0.25, 0.3) is 10.9 Å². The summed E-state index contributed by atoms with van der Waals surface area (Å²) in [5.74, 6) is -0.131. The summed E-state index contributed by atoms with van der Waals surface area (Å²) < 4.78 is 0. The van der Waals surface area contributed by atoms with Crippen molar-refractivity contribution in [3.8, 4) is 0 Å². The zero-order valence-corrected chi connectivity index (χ0v) is 14.7. The predicted octanol–water partition coefficient (Wildman–Crippen LogP) is 1.14. The molecular formula is C18H25N5O2. The molecular weight excluding hydrogens is 318 g/mol. The Morgan fingerprint density at radius 1 is 1.44 bits per heavy atom. The molecule has 1 aliphatic rings. The highest BCUT2D eigenvalue weighted by molar-refractivity contribution is 5.98. The lowest BCUT2D eigenvalue weighted by molar-refractivity contribution is -0.126. The molecule has 7 nitrogen and oxygen atoms in total. The summed E-state index contributed by atoms with van der Waals surface area (Å²) in [4.78, 5) is 27.0. The number of hydrogen-bond acceptors (Lipinski definition) is 4. The average molecular weight is 343 g/mol. The van der Waals surface area contributed by atoms with Gasteiger partial charge in [0.05, 0.1) is 17.6 Å². The Morgan fingerprint density at radius 2 is 2.28 bits per heavy atom. The summed E-state index contributed by atoms with van der Waals surface area (Å²) in [5, 5.41) is 13.8. The van der Waals surface area contributed by atoms with E-state index < -0.39 is 0 Å². The lowest BCUT2D eigenvalue weighted by Crippen LogP contribution is -2.47. The van der Waals surface area contributed by atoms with E-state index in [9.17, 15) is 9.59 Å². The van der Waals surface area contributed by atoms with E-state index in [2.05, 4.69) is 20.8 Å². The van der Waals surface area contributed by atoms with Crippen molar-refractivity contribution in [2.45, 2.75) is 25.8 Å². The van der Waals surface area contributed by atoms with Crippen molar-refractivity contribution in [1.82, 2.24) is 25.7 Å². The lowest BCUT2D eigenvalue weighted by atomic mass is 9.96. The molecule has 0 radical (unpaired) electrons. The van der Waals surface area contributed by atoms with Gasteiger partial charge in [-0.1, -0.05) is 0 Å². The Morgan fingerprint density at radius 3 is 3.08 bits per heavy atom. The van der Waals surface area contributed by atoms with Gasteiger partial charge in [-0.2, -0.15) is 5.10 Å². The highest BCUT2D eigenvalue weighted by Gasteiger charge is 2.29. The molecule has 3 N–H and O–H groups in total. The van der Waals surface area contributed by atoms with Gasteiger partial charge in [0.15, 0.2) is 0 Å². The fraction of sp³-hybridized carbons (Fsp3) is 0.500. The molecule has 1 aromatic heterocycles. The summed E-state index contributed by atoms with van der Waals surface area (Å²) >= 11 is 0. The van der Waals surface area contributed by atoms with E-state index in [4.69, 9.17) is 0 Å². The monoisotopic (exact) mass is 343 g/mol. The molecule has 2 amide bonds. The number of amides is 2. The Balaban J connectivity index is 1.63. The largest absolute Gasteiger partial charge is 0.354 e. The van der Waals surface area contributed by atoms with Crippen LogP contribution in [0.15, 0.2) is 24.4 Å². The number of carbonyl (C=O) groups is 2. The van der Waals surface area contributed by atoms with Crippen LogP contribution in [0.3, 0.4) is 0 Å². The summed E-state index contributed by atoms with van der Waals surface area (Å²) in [6.45, 7) is 3.78. The molecule has 2 atom stereocenters. The number of rotatable bonds is 5. The van der Waals surface area contributed by atoms with E-state index in [0.29, 0.717) is 25.2 Å². The molecule has 134 valence electrons. The number of likely N-dealkylation sites (N-methyl/N-ethyl adjacent to an activating group) is 1. The molecule has 1 saturated heterocycles. The van der Waals surface area contributed by atoms with E-state index in [1.807, 2.05) is 26.1 Å². The first-order chi connectivity index (χ1) is 12.1. The van der Waals surface area contributed by atoms with Gasteiger partial charge < -0.3 is 15.5 Å². The maximum absolute atomic E-state index is 12.8. The smallest absolute Gasteiger partial charge is 0.253 e. The van der Waals surface area contributed by atoms with E-state index in [1.165, 1.54) is 0 Å². The molecule has 2 unspecified atom stereocenters. The highest BCUT2D eigenvalue weighted by atomic mass is 16.2. The lowest BCUT2D eigenvalue weighted by Gasteiger charge is -2.32. The van der Waals surface area contributed by atoms with Crippen molar-refractivity contribution in [2.24, 2.45) is 5.92 Å². The van der Waals surface area contributed by atoms with E-state index in [0.717, 1.165) is 23.7 Å². The van der Waals surface area contributed by atoms with Crippen LogP contribution >= 0.6 is 0 Å². The maximum atomic E-state index is 12.8. The number of nitrogens with one attached hydrogen (secondary N) is 3. The van der Waals surface area contributed by atoms with E-state index >= 15 is 0 Å². The van der Waals surface area contributed by atoms with E-state index in [1.54, 1.807) is 17.2 Å². The second-order valence-electron chi connectivity index (χ2n) is 6.70. The second-order valence-corrected chi connectivity index (χ2v) is 6.70. The molecule has 0 bridgehead atoms. The molecule has 2 heterocycles. The molecule has 1 aliphatic heterocycles. The number of H-pyrrole nitrogens is 1. The number of likely N-dealkylation sites (tertiary alicyclic amines) is 1. The Kier molecular flexibility index (Phi) is 5.33. The first-order valence-electron chi connectivity index (χ1n) is 8.76. The molecule has 1 aromatic carbocycles. The Hall–Kier alpha value is -2.41. The zero-order valence-electron chi connectivity index (χ0n) is 14.7. The fourth-order valence-corrected chi connectivity index (χ4v) is 3.13. The number of hydrogen-bond donors (Lipinski definition) is 3. The van der Waals surface area contributed by atoms with Gasteiger partial charge in [-0.25, -0.2) is 0 Å². The molecule has 7 heteroatoms. The van der Waals surface area contributed by atoms with Crippen molar-refractivity contribution in [1.29, 1.82) is 0 Å². The van der Waals surface area contributed by atoms with Crippen molar-refractivity contribution in [2.75, 3.05) is 26.7 Å². The quantitative estimate of drug-likeness (QED) is 0.759. The van der Waals surface area contributed by atoms with E-state index in [-0.39, 0.29) is 23.8 Å². The topological polar surface area (TPSA) is 90.1 Å². The van der Waals surface area contributed by atoms with Crippen LogP contribution < -0.4 is 10.6 Å². The maximum Gasteiger partial charge on any atom is 0.253 e. The molecule has 0 saturated carbocycles. The molecule has 3 rings (SSSR count). The SMILES string of the molecule is CNC(C)CNC(=O)C1CCCN(C(=O)c2ccc3[nH]ncc3c2)C1. The number of nitrogens with zero attached hydrogens (tertiary/aromatic N) is 2. The Bertz CT molecular complexity index is 757. The van der Waals surface area contributed by atoms with Gasteiger partial charge in [0.1, 0.15) is 0 Å². The number of benzene rings is 1. The number of fused-ring (bicyclic) bond motifs is 1. The van der Waals surface area contributed by atoms with Crippen LogP contribution in [-0.2, 0) is 4.79 Å². The van der Waals surface area contributed by atoms with Gasteiger partial charge in [0.2, 0.25) is 5.91 Å². The summed E-state index contributed by atoms with van der Waals surface area (Å²) in [5.41, 5.74) is 1.55. The number of aromatic nitrogens is 2. The first-order valence-corrected chi connectivity index (χ1v) is 8.76. The van der Waals surface area contributed by atoms with Crippen molar-refractivity contribution in [3.05, 3.63) is 30.0 Å². The standard InChI is InChI=1S/C18H25N5O2/c1-12(19-2)9-20-17(24)14-4-3-7-23(11-14)18(25)13-5-6-16-15(8-13)10-21-22-16/h5-6,8,10,12,14,19H,3-4,7,9,11H2,1-2H3,(H,20,24)(H,21,22). The minimum atomic E-state index is -0.139. The summed E-state index contributed by atoms with van der Waals surface area (Å²) in [7, 11) is 1.87. The number of carbonyl (C=O) groups excluding carboxylic acids is 2. The predicted molar refractivity (Wildman–Crippen MR) is 96.3 cm³/mol. The van der Waals surface area contributed by atoms with Gasteiger partial charge in [-0.05, 0) is 45.0 Å². The third-order valence-electron chi connectivity index (χ3n) is 4.84. The zero-order chi connectivity index (χ0) is 17.8. The van der Waals surface area contributed by atoms with Gasteiger partial charge >= 0.3 is 0 Å². The molecule has 0 aliphatic carbocycles. The number of aromatic amines is 1. The third kappa shape index (κ3) is 3.99. The fourth-order valence-electron chi connectivity index (χ4n) is 3.13. The van der Waals surface area contributed by atoms with Crippen LogP contribution in [0.5, 0.6) is 0 Å². The van der Waals surface area contributed by atoms with Gasteiger partial charge in [0, 0.05) is 36.6 Å². The third-order valence-corrected chi connectivity index (χ3v) is 4.84. The molecule has 1 fully saturated rings. The highest BCUT2D eigenvalue weighted by Crippen LogP contribution is 2.20. The second kappa shape index (κ2) is 7.65. The van der Waals surface area contributed by atoms with Crippen molar-refractivity contribution in [3.63, 3.8) is 0 Å². The Labute approximate surface area is 147 Å². The van der Waals surface area contributed by atoms with Gasteiger partial charge in [-0.15, -0.1) is 0 Å². The summed E-state index contributed by atoms with van der Waals surface area (Å²) in [6, 6.07) is 5.75. The van der Waals surface area contributed by atoms with Crippen LogP contribution in [0, 0.1) is 5.92 Å². The van der Waals surface area contributed by atoms with Crippen LogP contribution in [0.4, 0.5) is 0 Å². The molecule has 25 heavy (non-hydrogen) atoms. The minimum Gasteiger partial charge on any atom is -0.354 e. The number of piperidine rings is 1. The average Bonchev–Trinajstić information content (AvgIpc) is 3.13. The van der Waals surface area contributed by atoms with Crippen LogP contribution in [0.2, 0.25) is 0 Å². The van der Waals surface area contributed by atoms with Gasteiger partial charge in [0.25, 0.3) is 5.91 Å². The molecule has 0 spiro atoms. The van der Waals surface area contributed by atoms with Crippen molar-refractivity contribution < 1.29 is 9.59 Å². The molecule has 2 aromatic rings. The first kappa shape index (κ1) is 17.4. The normalized spacial score (nSPS) is 19.0. The summed E-state index contributed by atoms with van der Waals surface area (Å²) in [6.07, 6.45) is 3.38.